The van der Waals surface area contributed by atoms with Gasteiger partial charge >= 0.3 is 0 Å². The first-order valence-electron chi connectivity index (χ1n) is 9.46. The Bertz CT molecular complexity index is 1180. The normalized spacial score (nSPS) is 11.5. The zero-order valence-electron chi connectivity index (χ0n) is 17.4. The van der Waals surface area contributed by atoms with Gasteiger partial charge in [0.1, 0.15) is 6.61 Å². The number of hydrogen-bond donors (Lipinski definition) is 1. The van der Waals surface area contributed by atoms with Crippen molar-refractivity contribution in [3.8, 4) is 11.5 Å². The third kappa shape index (κ3) is 6.08. The second kappa shape index (κ2) is 9.98. The Kier molecular flexibility index (Phi) is 7.35. The van der Waals surface area contributed by atoms with Crippen molar-refractivity contribution in [1.29, 1.82) is 0 Å². The quantitative estimate of drug-likeness (QED) is 0.348. The van der Waals surface area contributed by atoms with Gasteiger partial charge in [0.25, 0.3) is 10.0 Å². The molecule has 0 radical (unpaired) electrons. The molecular weight excluding hydrogens is 480 g/mol. The number of nitrogens with one attached hydrogen (secondary N) is 1. The molecule has 0 saturated heterocycles. The summed E-state index contributed by atoms with van der Waals surface area (Å²) >= 11 is 3.49. The van der Waals surface area contributed by atoms with Crippen molar-refractivity contribution in [1.82, 2.24) is 4.83 Å². The van der Waals surface area contributed by atoms with Crippen LogP contribution in [0.3, 0.4) is 0 Å². The molecule has 162 valence electrons. The number of nitrogens with zero attached hydrogens (tertiary/aromatic N) is 1. The van der Waals surface area contributed by atoms with Gasteiger partial charge in [0.15, 0.2) is 11.5 Å². The van der Waals surface area contributed by atoms with E-state index in [1.165, 1.54) is 23.9 Å². The summed E-state index contributed by atoms with van der Waals surface area (Å²) in [6.07, 6.45) is 1.41. The number of rotatable bonds is 8. The number of benzene rings is 3. The Balaban J connectivity index is 1.72. The number of ether oxygens (including phenoxy) is 2. The van der Waals surface area contributed by atoms with E-state index in [0.29, 0.717) is 28.1 Å². The minimum Gasteiger partial charge on any atom is -0.493 e. The minimum absolute atomic E-state index is 0.147. The first-order valence-corrected chi connectivity index (χ1v) is 11.7. The highest BCUT2D eigenvalue weighted by atomic mass is 79.9. The number of hydrogen-bond acceptors (Lipinski definition) is 5. The molecule has 0 aromatic heterocycles. The van der Waals surface area contributed by atoms with Crippen molar-refractivity contribution in [2.24, 2.45) is 5.10 Å². The molecule has 0 amide bonds. The molecule has 0 unspecified atom stereocenters. The molecule has 3 aromatic carbocycles. The molecule has 0 bridgehead atoms. The highest BCUT2D eigenvalue weighted by Crippen LogP contribution is 2.36. The zero-order valence-corrected chi connectivity index (χ0v) is 19.8. The maximum Gasteiger partial charge on any atom is 0.276 e. The highest BCUT2D eigenvalue weighted by Gasteiger charge is 2.13. The van der Waals surface area contributed by atoms with Crippen LogP contribution in [-0.2, 0) is 16.6 Å². The lowest BCUT2D eigenvalue weighted by atomic mass is 10.2. The molecule has 0 fully saturated rings. The van der Waals surface area contributed by atoms with E-state index in [1.807, 2.05) is 38.1 Å². The number of halogens is 1. The Morgan fingerprint density at radius 3 is 2.23 bits per heavy atom. The molecular formula is C23H23BrN2O4S. The van der Waals surface area contributed by atoms with E-state index in [9.17, 15) is 8.42 Å². The van der Waals surface area contributed by atoms with Crippen molar-refractivity contribution in [2.75, 3.05) is 7.11 Å². The molecule has 6 nitrogen and oxygen atoms in total. The van der Waals surface area contributed by atoms with Crippen molar-refractivity contribution in [3.05, 3.63) is 87.4 Å². The summed E-state index contributed by atoms with van der Waals surface area (Å²) in [4.78, 5) is 2.37. The van der Waals surface area contributed by atoms with E-state index in [4.69, 9.17) is 9.47 Å². The summed E-state index contributed by atoms with van der Waals surface area (Å²) in [5.41, 5.74) is 3.84. The summed E-state index contributed by atoms with van der Waals surface area (Å²) in [5, 5.41) is 3.88. The zero-order chi connectivity index (χ0) is 22.4. The van der Waals surface area contributed by atoms with Crippen molar-refractivity contribution >= 4 is 32.2 Å². The third-order valence-corrected chi connectivity index (χ3v) is 6.30. The van der Waals surface area contributed by atoms with Crippen LogP contribution in [-0.4, -0.2) is 21.7 Å². The summed E-state index contributed by atoms with van der Waals surface area (Å²) in [6.45, 7) is 4.31. The van der Waals surface area contributed by atoms with E-state index in [-0.39, 0.29) is 4.90 Å². The molecule has 0 saturated carbocycles. The van der Waals surface area contributed by atoms with Crippen LogP contribution in [0.1, 0.15) is 22.3 Å². The average Bonchev–Trinajstić information content (AvgIpc) is 2.74. The molecule has 31 heavy (non-hydrogen) atoms. The molecule has 8 heteroatoms. The smallest absolute Gasteiger partial charge is 0.276 e. The fourth-order valence-corrected chi connectivity index (χ4v) is 4.10. The van der Waals surface area contributed by atoms with Crippen LogP contribution < -0.4 is 14.3 Å². The maximum absolute atomic E-state index is 12.3. The lowest BCUT2D eigenvalue weighted by Gasteiger charge is -2.13. The topological polar surface area (TPSA) is 77.0 Å². The van der Waals surface area contributed by atoms with Crippen LogP contribution >= 0.6 is 15.9 Å². The second-order valence-electron chi connectivity index (χ2n) is 6.97. The van der Waals surface area contributed by atoms with Crippen LogP contribution in [0.5, 0.6) is 11.5 Å². The summed E-state index contributed by atoms with van der Waals surface area (Å²) in [6, 6.07) is 18.1. The standard InChI is InChI=1S/C23H23BrN2O4S/c1-16-4-8-18(9-5-16)15-30-23-21(24)12-19(13-22(23)29-3)14-25-26-31(27,28)20-10-6-17(2)7-11-20/h4-14,26H,15H2,1-3H3/b25-14+. The minimum atomic E-state index is -3.74. The fourth-order valence-electron chi connectivity index (χ4n) is 2.73. The Hall–Kier alpha value is -2.84. The van der Waals surface area contributed by atoms with E-state index in [2.05, 4.69) is 25.9 Å². The van der Waals surface area contributed by atoms with Crippen LogP contribution in [0.2, 0.25) is 0 Å². The lowest BCUT2D eigenvalue weighted by molar-refractivity contribution is 0.282. The van der Waals surface area contributed by atoms with Crippen LogP contribution in [0.4, 0.5) is 0 Å². The monoisotopic (exact) mass is 502 g/mol. The molecule has 0 spiro atoms. The van der Waals surface area contributed by atoms with Gasteiger partial charge in [0.2, 0.25) is 0 Å². The molecule has 3 aromatic rings. The van der Waals surface area contributed by atoms with Gasteiger partial charge in [-0.05, 0) is 65.2 Å². The van der Waals surface area contributed by atoms with Crippen LogP contribution in [0, 0.1) is 13.8 Å². The van der Waals surface area contributed by atoms with Crippen LogP contribution in [0.25, 0.3) is 0 Å². The molecule has 3 rings (SSSR count). The van der Waals surface area contributed by atoms with Crippen molar-refractivity contribution in [2.45, 2.75) is 25.3 Å². The number of sulfonamides is 1. The molecule has 1 N–H and O–H groups in total. The van der Waals surface area contributed by atoms with Gasteiger partial charge < -0.3 is 9.47 Å². The Labute approximate surface area is 191 Å². The van der Waals surface area contributed by atoms with Gasteiger partial charge in [0.05, 0.1) is 22.7 Å². The van der Waals surface area contributed by atoms with E-state index in [0.717, 1.165) is 11.1 Å². The highest BCUT2D eigenvalue weighted by molar-refractivity contribution is 9.10. The molecule has 0 heterocycles. The Morgan fingerprint density at radius 2 is 1.61 bits per heavy atom. The molecule has 0 atom stereocenters. The van der Waals surface area contributed by atoms with E-state index >= 15 is 0 Å². The second-order valence-corrected chi connectivity index (χ2v) is 9.49. The van der Waals surface area contributed by atoms with E-state index < -0.39 is 10.0 Å². The average molecular weight is 503 g/mol. The first-order chi connectivity index (χ1) is 14.8. The lowest BCUT2D eigenvalue weighted by Crippen LogP contribution is -2.18. The summed E-state index contributed by atoms with van der Waals surface area (Å²) in [7, 11) is -2.20. The van der Waals surface area contributed by atoms with Crippen molar-refractivity contribution < 1.29 is 17.9 Å². The molecule has 0 aliphatic rings. The largest absolute Gasteiger partial charge is 0.493 e. The van der Waals surface area contributed by atoms with Crippen molar-refractivity contribution in [3.63, 3.8) is 0 Å². The van der Waals surface area contributed by atoms with Gasteiger partial charge in [-0.15, -0.1) is 0 Å². The first kappa shape index (κ1) is 22.8. The predicted octanol–water partition coefficient (Wildman–Crippen LogP) is 4.97. The maximum atomic E-state index is 12.3. The van der Waals surface area contributed by atoms with Gasteiger partial charge in [-0.25, -0.2) is 4.83 Å². The molecule has 0 aliphatic carbocycles. The number of methoxy groups -OCH3 is 1. The summed E-state index contributed by atoms with van der Waals surface area (Å²) < 4.78 is 36.7. The van der Waals surface area contributed by atoms with Gasteiger partial charge in [-0.2, -0.15) is 13.5 Å². The predicted molar refractivity (Wildman–Crippen MR) is 125 cm³/mol. The third-order valence-electron chi connectivity index (χ3n) is 4.47. The van der Waals surface area contributed by atoms with Gasteiger partial charge in [-0.3, -0.25) is 0 Å². The SMILES string of the molecule is COc1cc(/C=N/NS(=O)(=O)c2ccc(C)cc2)cc(Br)c1OCc1ccc(C)cc1. The number of aryl methyl sites for hydroxylation is 2. The van der Waals surface area contributed by atoms with Gasteiger partial charge in [0, 0.05) is 0 Å². The Morgan fingerprint density at radius 1 is 1.00 bits per heavy atom. The molecule has 0 aliphatic heterocycles. The van der Waals surface area contributed by atoms with E-state index in [1.54, 1.807) is 31.4 Å². The van der Waals surface area contributed by atoms with Gasteiger partial charge in [-0.1, -0.05) is 47.5 Å². The number of hydrazone groups is 1. The fraction of sp³-hybridized carbons (Fsp3) is 0.174. The summed E-state index contributed by atoms with van der Waals surface area (Å²) in [5.74, 6) is 1.06. The van der Waals surface area contributed by atoms with Crippen LogP contribution in [0.15, 0.2) is 75.1 Å².